The van der Waals surface area contributed by atoms with E-state index in [4.69, 9.17) is 11.6 Å². The summed E-state index contributed by atoms with van der Waals surface area (Å²) < 4.78 is 24.7. The average molecular weight is 506 g/mol. The van der Waals surface area contributed by atoms with Crippen molar-refractivity contribution in [3.05, 3.63) is 53.6 Å². The first-order valence-corrected chi connectivity index (χ1v) is 13.4. The zero-order chi connectivity index (χ0) is 23.6. The summed E-state index contributed by atoms with van der Waals surface area (Å²) in [5, 5.41) is 3.95. The molecule has 2 aromatic heterocycles. The van der Waals surface area contributed by atoms with Gasteiger partial charge in [-0.1, -0.05) is 29.0 Å². The number of amides is 1. The van der Waals surface area contributed by atoms with Gasteiger partial charge in [0.15, 0.2) is 5.13 Å². The lowest BCUT2D eigenvalue weighted by Crippen LogP contribution is -2.37. The number of benzene rings is 1. The van der Waals surface area contributed by atoms with E-state index in [0.717, 1.165) is 16.3 Å². The van der Waals surface area contributed by atoms with Crippen LogP contribution in [0, 0.1) is 5.92 Å². The van der Waals surface area contributed by atoms with Crippen LogP contribution in [0.4, 0.5) is 16.6 Å². The molecule has 8 nitrogen and oxygen atoms in total. The summed E-state index contributed by atoms with van der Waals surface area (Å²) in [5.74, 6) is 0.668. The Morgan fingerprint density at radius 3 is 2.55 bits per heavy atom. The van der Waals surface area contributed by atoms with Crippen molar-refractivity contribution in [2.45, 2.75) is 12.8 Å². The standard InChI is InChI=1S/C22H24ClN5O3S2/c1-27(17-6-4-16(23)5-7-17)19-9-8-18-21(25-19)32-22(24-18)26-20(29)10-3-15-11-13-28(14-12-15)33(2,30)31/h3-10,15H,11-14H2,1-2H3,(H,24,26,29)/b10-3+. The van der Waals surface area contributed by atoms with Crippen LogP contribution >= 0.6 is 22.9 Å². The fraction of sp³-hybridized carbons (Fsp3) is 0.318. The van der Waals surface area contributed by atoms with Gasteiger partial charge in [-0.15, -0.1) is 0 Å². The van der Waals surface area contributed by atoms with Crippen LogP contribution in [0.15, 0.2) is 48.6 Å². The second-order valence-corrected chi connectivity index (χ2v) is 11.3. The van der Waals surface area contributed by atoms with Gasteiger partial charge in [-0.05, 0) is 61.2 Å². The maximum absolute atomic E-state index is 12.4. The van der Waals surface area contributed by atoms with Crippen LogP contribution in [0.5, 0.6) is 0 Å². The second-order valence-electron chi connectivity index (χ2n) is 7.90. The molecule has 1 aliphatic rings. The monoisotopic (exact) mass is 505 g/mol. The van der Waals surface area contributed by atoms with Crippen LogP contribution < -0.4 is 10.2 Å². The van der Waals surface area contributed by atoms with E-state index in [0.29, 0.717) is 41.6 Å². The fourth-order valence-electron chi connectivity index (χ4n) is 3.61. The van der Waals surface area contributed by atoms with E-state index >= 15 is 0 Å². The minimum absolute atomic E-state index is 0.178. The summed E-state index contributed by atoms with van der Waals surface area (Å²) in [6, 6.07) is 11.3. The number of sulfonamides is 1. The van der Waals surface area contributed by atoms with Crippen LogP contribution in [-0.2, 0) is 14.8 Å². The molecule has 0 spiro atoms. The highest BCUT2D eigenvalue weighted by Crippen LogP contribution is 2.29. The van der Waals surface area contributed by atoms with Gasteiger partial charge in [0.25, 0.3) is 0 Å². The van der Waals surface area contributed by atoms with Gasteiger partial charge >= 0.3 is 0 Å². The first kappa shape index (κ1) is 23.6. The number of allylic oxidation sites excluding steroid dienone is 1. The maximum Gasteiger partial charge on any atom is 0.249 e. The number of hydrogen-bond donors (Lipinski definition) is 1. The number of pyridine rings is 1. The van der Waals surface area contributed by atoms with E-state index in [2.05, 4.69) is 15.3 Å². The lowest BCUT2D eigenvalue weighted by molar-refractivity contribution is -0.111. The third-order valence-corrected chi connectivity index (χ3v) is 7.95. The Morgan fingerprint density at radius 1 is 1.18 bits per heavy atom. The Labute approximate surface area is 201 Å². The number of nitrogens with zero attached hydrogens (tertiary/aromatic N) is 4. The van der Waals surface area contributed by atoms with Crippen molar-refractivity contribution in [2.24, 2.45) is 5.92 Å². The number of fused-ring (bicyclic) bond motifs is 1. The molecule has 33 heavy (non-hydrogen) atoms. The van der Waals surface area contributed by atoms with Gasteiger partial charge in [0, 0.05) is 30.8 Å². The van der Waals surface area contributed by atoms with Crippen molar-refractivity contribution in [2.75, 3.05) is 36.6 Å². The van der Waals surface area contributed by atoms with Crippen molar-refractivity contribution in [1.29, 1.82) is 0 Å². The predicted octanol–water partition coefficient (Wildman–Crippen LogP) is 4.28. The molecule has 0 atom stereocenters. The second kappa shape index (κ2) is 9.76. The number of hydrogen-bond acceptors (Lipinski definition) is 7. The highest BCUT2D eigenvalue weighted by molar-refractivity contribution is 7.88. The number of thiazole rings is 1. The van der Waals surface area contributed by atoms with E-state index in [1.165, 1.54) is 28.0 Å². The number of aromatic nitrogens is 2. The number of carbonyl (C=O) groups is 1. The quantitative estimate of drug-likeness (QED) is 0.502. The van der Waals surface area contributed by atoms with Gasteiger partial charge in [0.05, 0.1) is 6.26 Å². The molecule has 1 aromatic carbocycles. The molecule has 4 rings (SSSR count). The number of rotatable bonds is 6. The van der Waals surface area contributed by atoms with Crippen molar-refractivity contribution >= 4 is 65.9 Å². The summed E-state index contributed by atoms with van der Waals surface area (Å²) in [4.78, 5) is 24.2. The van der Waals surface area contributed by atoms with E-state index in [-0.39, 0.29) is 11.8 Å². The highest BCUT2D eigenvalue weighted by Gasteiger charge is 2.23. The first-order chi connectivity index (χ1) is 15.7. The lowest BCUT2D eigenvalue weighted by Gasteiger charge is -2.28. The Kier molecular flexibility index (Phi) is 6.99. The molecule has 0 bridgehead atoms. The van der Waals surface area contributed by atoms with E-state index in [1.807, 2.05) is 54.4 Å². The molecule has 0 saturated carbocycles. The van der Waals surface area contributed by atoms with Gasteiger partial charge in [0.1, 0.15) is 16.2 Å². The Morgan fingerprint density at radius 2 is 1.88 bits per heavy atom. The Hall–Kier alpha value is -2.53. The first-order valence-electron chi connectivity index (χ1n) is 10.4. The van der Waals surface area contributed by atoms with Gasteiger partial charge < -0.3 is 4.90 Å². The molecule has 1 aliphatic heterocycles. The summed E-state index contributed by atoms with van der Waals surface area (Å²) in [7, 11) is -1.23. The molecule has 1 saturated heterocycles. The zero-order valence-corrected chi connectivity index (χ0v) is 20.6. The Balaban J connectivity index is 1.38. The maximum atomic E-state index is 12.4. The van der Waals surface area contributed by atoms with Crippen LogP contribution in [-0.4, -0.2) is 55.0 Å². The van der Waals surface area contributed by atoms with Crippen molar-refractivity contribution < 1.29 is 13.2 Å². The van der Waals surface area contributed by atoms with Gasteiger partial charge in [-0.3, -0.25) is 10.1 Å². The fourth-order valence-corrected chi connectivity index (χ4v) is 5.45. The number of nitrogens with one attached hydrogen (secondary N) is 1. The van der Waals surface area contributed by atoms with Crippen LogP contribution in [0.3, 0.4) is 0 Å². The van der Waals surface area contributed by atoms with Crippen molar-refractivity contribution in [3.63, 3.8) is 0 Å². The van der Waals surface area contributed by atoms with Crippen LogP contribution in [0.25, 0.3) is 10.3 Å². The number of anilines is 3. The molecule has 11 heteroatoms. The van der Waals surface area contributed by atoms with Crippen LogP contribution in [0.1, 0.15) is 12.8 Å². The smallest absolute Gasteiger partial charge is 0.249 e. The highest BCUT2D eigenvalue weighted by atomic mass is 35.5. The summed E-state index contributed by atoms with van der Waals surface area (Å²) in [5.41, 5.74) is 1.66. The molecule has 1 N–H and O–H groups in total. The molecule has 0 radical (unpaired) electrons. The molecule has 0 aliphatic carbocycles. The third kappa shape index (κ3) is 5.89. The number of halogens is 1. The largest absolute Gasteiger partial charge is 0.329 e. The molecule has 3 heterocycles. The lowest BCUT2D eigenvalue weighted by atomic mass is 9.98. The number of carbonyl (C=O) groups excluding carboxylic acids is 1. The average Bonchev–Trinajstić information content (AvgIpc) is 3.18. The van der Waals surface area contributed by atoms with Crippen LogP contribution in [0.2, 0.25) is 5.02 Å². The molecule has 174 valence electrons. The van der Waals surface area contributed by atoms with Gasteiger partial charge in [-0.25, -0.2) is 22.7 Å². The minimum atomic E-state index is -3.15. The van der Waals surface area contributed by atoms with Crippen molar-refractivity contribution in [1.82, 2.24) is 14.3 Å². The molecule has 0 unspecified atom stereocenters. The molecular weight excluding hydrogens is 482 g/mol. The minimum Gasteiger partial charge on any atom is -0.329 e. The predicted molar refractivity (Wildman–Crippen MR) is 134 cm³/mol. The molecule has 1 fully saturated rings. The summed E-state index contributed by atoms with van der Waals surface area (Å²) >= 11 is 7.28. The number of piperidine rings is 1. The topological polar surface area (TPSA) is 95.5 Å². The summed E-state index contributed by atoms with van der Waals surface area (Å²) in [6.45, 7) is 0.956. The third-order valence-electron chi connectivity index (χ3n) is 5.52. The van der Waals surface area contributed by atoms with Gasteiger partial charge in [-0.2, -0.15) is 0 Å². The SMILES string of the molecule is CN(c1ccc(Cl)cc1)c1ccc2nc(NC(=O)/C=C/C3CCN(S(C)(=O)=O)CC3)sc2n1. The zero-order valence-electron chi connectivity index (χ0n) is 18.2. The molecule has 1 amide bonds. The Bertz CT molecular complexity index is 1280. The molecular formula is C22H24ClN5O3S2. The molecule has 3 aromatic rings. The summed E-state index contributed by atoms with van der Waals surface area (Å²) in [6.07, 6.45) is 5.97. The van der Waals surface area contributed by atoms with Gasteiger partial charge in [0.2, 0.25) is 15.9 Å². The normalized spacial score (nSPS) is 15.8. The van der Waals surface area contributed by atoms with E-state index in [1.54, 1.807) is 0 Å². The van der Waals surface area contributed by atoms with Crippen molar-refractivity contribution in [3.8, 4) is 0 Å². The van der Waals surface area contributed by atoms with E-state index < -0.39 is 10.0 Å². The van der Waals surface area contributed by atoms with E-state index in [9.17, 15) is 13.2 Å².